The molecule has 3 saturated carbocycles. The lowest BCUT2D eigenvalue weighted by Gasteiger charge is -2.68. The summed E-state index contributed by atoms with van der Waals surface area (Å²) in [5.74, 6) is 1.24. The van der Waals surface area contributed by atoms with Crippen LogP contribution in [0.5, 0.6) is 11.7 Å². The van der Waals surface area contributed by atoms with Crippen molar-refractivity contribution >= 4 is 17.9 Å². The summed E-state index contributed by atoms with van der Waals surface area (Å²) in [6.45, 7) is 2.86. The predicted octanol–water partition coefficient (Wildman–Crippen LogP) is 1.63. The lowest BCUT2D eigenvalue weighted by atomic mass is 9.40. The van der Waals surface area contributed by atoms with Gasteiger partial charge in [0, 0.05) is 27.2 Å². The molecule has 0 aromatic carbocycles. The molecule has 0 radical (unpaired) electrons. The third-order valence-electron chi connectivity index (χ3n) is 6.06. The number of hydrogen-bond donors (Lipinski definition) is 0. The van der Waals surface area contributed by atoms with Crippen LogP contribution in [0.25, 0.3) is 0 Å². The third kappa shape index (κ3) is 3.03. The molecule has 2 bridgehead atoms. The molecule has 29 heavy (non-hydrogen) atoms. The average Bonchev–Trinajstić information content (AvgIpc) is 3.15. The maximum atomic E-state index is 12.8. The summed E-state index contributed by atoms with van der Waals surface area (Å²) < 4.78 is 22.1. The first-order valence-corrected chi connectivity index (χ1v) is 9.64. The van der Waals surface area contributed by atoms with E-state index in [9.17, 15) is 4.79 Å². The van der Waals surface area contributed by atoms with Crippen LogP contribution in [0, 0.1) is 5.41 Å². The number of aromatic nitrogens is 3. The van der Waals surface area contributed by atoms with E-state index in [0.717, 1.165) is 32.4 Å². The summed E-state index contributed by atoms with van der Waals surface area (Å²) in [5, 5.41) is 0. The third-order valence-corrected chi connectivity index (χ3v) is 6.06. The first-order chi connectivity index (χ1) is 14.0. The van der Waals surface area contributed by atoms with Crippen molar-refractivity contribution in [3.63, 3.8) is 0 Å². The van der Waals surface area contributed by atoms with Crippen LogP contribution in [-0.4, -0.2) is 66.9 Å². The average molecular weight is 401 g/mol. The van der Waals surface area contributed by atoms with Crippen molar-refractivity contribution in [3.05, 3.63) is 18.6 Å². The Hall–Kier alpha value is -2.72. The topological polar surface area (TPSA) is 103 Å². The summed E-state index contributed by atoms with van der Waals surface area (Å²) in [7, 11) is 3.37. The predicted molar refractivity (Wildman–Crippen MR) is 101 cm³/mol. The van der Waals surface area contributed by atoms with Gasteiger partial charge in [-0.15, -0.1) is 0 Å². The van der Waals surface area contributed by atoms with Gasteiger partial charge in [0.05, 0.1) is 36.6 Å². The van der Waals surface area contributed by atoms with Crippen LogP contribution < -0.4 is 14.5 Å². The van der Waals surface area contributed by atoms with Crippen molar-refractivity contribution in [2.75, 3.05) is 50.3 Å². The van der Waals surface area contributed by atoms with Crippen LogP contribution in [0.3, 0.4) is 0 Å². The fourth-order valence-corrected chi connectivity index (χ4v) is 4.44. The molecule has 0 N–H and O–H groups in total. The fraction of sp³-hybridized carbons (Fsp3) is 0.579. The van der Waals surface area contributed by atoms with Gasteiger partial charge in [0.15, 0.2) is 5.75 Å². The summed E-state index contributed by atoms with van der Waals surface area (Å²) in [6, 6.07) is 0.201. The number of anilines is 2. The van der Waals surface area contributed by atoms with Gasteiger partial charge in [-0.25, -0.2) is 9.97 Å². The quantitative estimate of drug-likeness (QED) is 0.714. The van der Waals surface area contributed by atoms with Gasteiger partial charge in [-0.2, -0.15) is 4.98 Å². The molecular formula is C19H23N5O5. The smallest absolute Gasteiger partial charge is 0.312 e. The summed E-state index contributed by atoms with van der Waals surface area (Å²) in [4.78, 5) is 29.1. The molecule has 154 valence electrons. The van der Waals surface area contributed by atoms with Gasteiger partial charge in [0.25, 0.3) is 0 Å². The van der Waals surface area contributed by atoms with Crippen molar-refractivity contribution < 1.29 is 23.4 Å². The van der Waals surface area contributed by atoms with Gasteiger partial charge in [-0.1, -0.05) is 0 Å². The van der Waals surface area contributed by atoms with Crippen molar-refractivity contribution in [2.24, 2.45) is 5.41 Å². The Morgan fingerprint density at radius 1 is 1.14 bits per heavy atom. The zero-order valence-electron chi connectivity index (χ0n) is 16.5. The molecule has 0 atom stereocenters. The van der Waals surface area contributed by atoms with Gasteiger partial charge in [-0.3, -0.25) is 9.69 Å². The molecule has 0 unspecified atom stereocenters. The number of morpholine rings is 1. The van der Waals surface area contributed by atoms with E-state index in [0.29, 0.717) is 24.9 Å². The molecule has 10 nitrogen and oxygen atoms in total. The number of oxazole rings is 1. The highest BCUT2D eigenvalue weighted by Crippen LogP contribution is 2.69. The minimum Gasteiger partial charge on any atom is -0.421 e. The lowest BCUT2D eigenvalue weighted by molar-refractivity contribution is -0.261. The van der Waals surface area contributed by atoms with Crippen molar-refractivity contribution in [2.45, 2.75) is 24.9 Å². The molecule has 2 aromatic heterocycles. The van der Waals surface area contributed by atoms with Crippen LogP contribution in [0.15, 0.2) is 23.0 Å². The number of carbonyl (C=O) groups excluding carboxylic acids is 1. The molecule has 2 aromatic rings. The largest absolute Gasteiger partial charge is 0.421 e. The first kappa shape index (κ1) is 18.3. The Labute approximate surface area is 167 Å². The number of hydrogen-bond acceptors (Lipinski definition) is 9. The van der Waals surface area contributed by atoms with Gasteiger partial charge in [0.1, 0.15) is 6.20 Å². The van der Waals surface area contributed by atoms with Crippen LogP contribution in [0.2, 0.25) is 0 Å². The zero-order valence-corrected chi connectivity index (χ0v) is 16.5. The Morgan fingerprint density at radius 2 is 1.83 bits per heavy atom. The standard InChI is InChI=1S/C19H23N5O5/c1-23(15(25)18-10-19(11-18,12-18)26-2)17-22-9-14(29-17)28-13-7-20-16(21-8-13)24-3-5-27-6-4-24/h7-9H,3-6,10-12H2,1-2H3. The van der Waals surface area contributed by atoms with Gasteiger partial charge < -0.3 is 23.5 Å². The van der Waals surface area contributed by atoms with Crippen molar-refractivity contribution in [3.8, 4) is 11.7 Å². The highest BCUT2D eigenvalue weighted by molar-refractivity contribution is 5.98. The van der Waals surface area contributed by atoms with Gasteiger partial charge in [-0.05, 0) is 19.3 Å². The molecular weight excluding hydrogens is 378 g/mol. The fourth-order valence-electron chi connectivity index (χ4n) is 4.44. The maximum Gasteiger partial charge on any atom is 0.312 e. The number of methoxy groups -OCH3 is 1. The first-order valence-electron chi connectivity index (χ1n) is 9.64. The Bertz CT molecular complexity index is 888. The van der Waals surface area contributed by atoms with Gasteiger partial charge >= 0.3 is 12.0 Å². The number of nitrogens with zero attached hydrogens (tertiary/aromatic N) is 5. The number of amides is 1. The molecule has 3 heterocycles. The monoisotopic (exact) mass is 401 g/mol. The molecule has 0 spiro atoms. The molecule has 4 aliphatic rings. The normalized spacial score (nSPS) is 27.7. The Morgan fingerprint density at radius 3 is 2.48 bits per heavy atom. The highest BCUT2D eigenvalue weighted by Gasteiger charge is 2.73. The second-order valence-corrected chi connectivity index (χ2v) is 7.94. The molecule has 1 saturated heterocycles. The minimum absolute atomic E-state index is 0.00280. The second kappa shape index (κ2) is 6.67. The molecule has 3 aliphatic carbocycles. The lowest BCUT2D eigenvalue weighted by Crippen LogP contribution is -2.73. The van der Waals surface area contributed by atoms with E-state index in [2.05, 4.69) is 19.9 Å². The second-order valence-electron chi connectivity index (χ2n) is 7.94. The van der Waals surface area contributed by atoms with Crippen LogP contribution in [0.1, 0.15) is 19.3 Å². The Balaban J connectivity index is 1.21. The Kier molecular flexibility index (Phi) is 4.21. The van der Waals surface area contributed by atoms with Crippen LogP contribution in [-0.2, 0) is 14.3 Å². The van der Waals surface area contributed by atoms with Crippen molar-refractivity contribution in [1.29, 1.82) is 0 Å². The molecule has 4 fully saturated rings. The van der Waals surface area contributed by atoms with Crippen LogP contribution >= 0.6 is 0 Å². The summed E-state index contributed by atoms with van der Waals surface area (Å²) in [6.07, 6.45) is 6.89. The van der Waals surface area contributed by atoms with E-state index in [1.165, 1.54) is 11.1 Å². The van der Waals surface area contributed by atoms with Crippen LogP contribution in [0.4, 0.5) is 12.0 Å². The SMILES string of the molecule is COC12CC(C(=O)N(C)c3ncc(Oc4cnc(N5CCOCC5)nc4)o3)(C1)C2. The molecule has 6 rings (SSSR count). The van der Waals surface area contributed by atoms with E-state index in [-0.39, 0.29) is 28.9 Å². The van der Waals surface area contributed by atoms with E-state index in [1.807, 2.05) is 0 Å². The minimum atomic E-state index is -0.330. The van der Waals surface area contributed by atoms with E-state index in [4.69, 9.17) is 18.6 Å². The molecule has 1 amide bonds. The van der Waals surface area contributed by atoms with Crippen molar-refractivity contribution in [1.82, 2.24) is 15.0 Å². The number of rotatable bonds is 6. The molecule has 10 heteroatoms. The van der Waals surface area contributed by atoms with Gasteiger partial charge in [0.2, 0.25) is 11.9 Å². The van der Waals surface area contributed by atoms with E-state index >= 15 is 0 Å². The highest BCUT2D eigenvalue weighted by atomic mass is 16.6. The number of carbonyl (C=O) groups is 1. The number of ether oxygens (including phenoxy) is 3. The summed E-state index contributed by atoms with van der Waals surface area (Å²) in [5.41, 5.74) is -0.418. The zero-order chi connectivity index (χ0) is 20.1. The summed E-state index contributed by atoms with van der Waals surface area (Å²) >= 11 is 0. The van der Waals surface area contributed by atoms with E-state index in [1.54, 1.807) is 26.6 Å². The molecule has 1 aliphatic heterocycles. The van der Waals surface area contributed by atoms with E-state index < -0.39 is 0 Å². The maximum absolute atomic E-state index is 12.8.